The van der Waals surface area contributed by atoms with Crippen molar-refractivity contribution < 1.29 is 14.6 Å². The van der Waals surface area contributed by atoms with Crippen molar-refractivity contribution in [3.05, 3.63) is 24.0 Å². The Kier molecular flexibility index (Phi) is 4.45. The van der Waals surface area contributed by atoms with Crippen LogP contribution in [0.4, 0.5) is 5.82 Å². The molecule has 8 nitrogen and oxygen atoms in total. The molecule has 0 saturated heterocycles. The Bertz CT molecular complexity index is 890. The number of ether oxygens (including phenoxy) is 1. The molecule has 2 aromatic heterocycles. The lowest BCUT2D eigenvalue weighted by Gasteiger charge is -2.10. The van der Waals surface area contributed by atoms with Crippen LogP contribution in [0.1, 0.15) is 25.1 Å². The second-order valence-electron chi connectivity index (χ2n) is 5.50. The number of hydrogen-bond donors (Lipinski definition) is 2. The molecule has 0 unspecified atom stereocenters. The van der Waals surface area contributed by atoms with Gasteiger partial charge in [0, 0.05) is 19.0 Å². The Hall–Kier alpha value is -2.90. The summed E-state index contributed by atoms with van der Waals surface area (Å²) < 4.78 is 7.21. The highest BCUT2D eigenvalue weighted by Gasteiger charge is 2.13. The highest BCUT2D eigenvalue weighted by molar-refractivity contribution is 5.84. The zero-order valence-corrected chi connectivity index (χ0v) is 13.6. The number of carboxylic acid groups (broad SMARTS) is 1. The average Bonchev–Trinajstić information content (AvgIpc) is 2.96. The minimum atomic E-state index is -0.776. The van der Waals surface area contributed by atoms with Gasteiger partial charge in [0.2, 0.25) is 5.65 Å². The third-order valence-electron chi connectivity index (χ3n) is 3.80. The van der Waals surface area contributed by atoms with E-state index in [-0.39, 0.29) is 6.42 Å². The summed E-state index contributed by atoms with van der Waals surface area (Å²) >= 11 is 0. The number of unbranched alkanes of at least 4 members (excludes halogenated alkanes) is 1. The number of methoxy groups -OCH3 is 1. The van der Waals surface area contributed by atoms with Crippen LogP contribution in [-0.4, -0.2) is 44.3 Å². The molecule has 3 aromatic rings. The van der Waals surface area contributed by atoms with Crippen LogP contribution in [0, 0.1) is 6.92 Å². The lowest BCUT2D eigenvalue weighted by atomic mass is 10.2. The van der Waals surface area contributed by atoms with E-state index in [4.69, 9.17) is 9.84 Å². The number of nitrogens with zero attached hydrogens (tertiary/aromatic N) is 4. The van der Waals surface area contributed by atoms with E-state index in [1.54, 1.807) is 7.11 Å². The first-order chi connectivity index (χ1) is 11.6. The molecule has 0 aliphatic carbocycles. The topological polar surface area (TPSA) is 102 Å². The fraction of sp³-hybridized carbons (Fsp3) is 0.375. The van der Waals surface area contributed by atoms with Crippen LogP contribution in [0.25, 0.3) is 16.7 Å². The van der Waals surface area contributed by atoms with Crippen molar-refractivity contribution in [2.75, 3.05) is 19.0 Å². The molecule has 0 atom stereocenters. The Morgan fingerprint density at radius 2 is 2.17 bits per heavy atom. The number of fused-ring (bicyclic) bond motifs is 3. The van der Waals surface area contributed by atoms with E-state index in [1.165, 1.54) is 0 Å². The van der Waals surface area contributed by atoms with Crippen molar-refractivity contribution in [3.8, 4) is 5.75 Å². The fourth-order valence-corrected chi connectivity index (χ4v) is 2.61. The van der Waals surface area contributed by atoms with Crippen molar-refractivity contribution in [3.63, 3.8) is 0 Å². The van der Waals surface area contributed by atoms with Crippen molar-refractivity contribution in [1.82, 2.24) is 19.6 Å². The van der Waals surface area contributed by atoms with Crippen LogP contribution in [0.2, 0.25) is 0 Å². The van der Waals surface area contributed by atoms with Crippen LogP contribution >= 0.6 is 0 Å². The second-order valence-corrected chi connectivity index (χ2v) is 5.50. The first kappa shape index (κ1) is 16.0. The third-order valence-corrected chi connectivity index (χ3v) is 3.80. The van der Waals surface area contributed by atoms with Crippen LogP contribution in [0.15, 0.2) is 18.2 Å². The molecule has 2 heterocycles. The molecule has 0 amide bonds. The zero-order valence-electron chi connectivity index (χ0n) is 13.6. The van der Waals surface area contributed by atoms with E-state index in [1.807, 2.05) is 29.5 Å². The summed E-state index contributed by atoms with van der Waals surface area (Å²) in [6.45, 7) is 2.51. The largest absolute Gasteiger partial charge is 0.497 e. The molecule has 0 bridgehead atoms. The normalized spacial score (nSPS) is 11.1. The number of hydrogen-bond acceptors (Lipinski definition) is 6. The lowest BCUT2D eigenvalue weighted by molar-refractivity contribution is -0.137. The summed E-state index contributed by atoms with van der Waals surface area (Å²) in [5, 5.41) is 20.3. The molecular weight excluding hydrogens is 310 g/mol. The Balaban J connectivity index is 1.92. The average molecular weight is 329 g/mol. The fourth-order valence-electron chi connectivity index (χ4n) is 2.61. The number of rotatable bonds is 7. The molecule has 0 saturated carbocycles. The van der Waals surface area contributed by atoms with Gasteiger partial charge in [0.25, 0.3) is 0 Å². The van der Waals surface area contributed by atoms with Gasteiger partial charge >= 0.3 is 5.97 Å². The number of carbonyl (C=O) groups is 1. The molecule has 0 aliphatic rings. The van der Waals surface area contributed by atoms with Gasteiger partial charge in [0.05, 0.1) is 18.1 Å². The highest BCUT2D eigenvalue weighted by Crippen LogP contribution is 2.24. The zero-order chi connectivity index (χ0) is 17.1. The Morgan fingerprint density at radius 1 is 1.33 bits per heavy atom. The molecular formula is C16H19N5O3. The number of aryl methyl sites for hydroxylation is 1. The summed E-state index contributed by atoms with van der Waals surface area (Å²) in [4.78, 5) is 15.2. The Labute approximate surface area is 138 Å². The molecule has 0 radical (unpaired) electrons. The Morgan fingerprint density at radius 3 is 2.92 bits per heavy atom. The molecule has 2 N–H and O–H groups in total. The number of nitrogens with one attached hydrogen (secondary N) is 1. The number of aromatic nitrogens is 4. The molecule has 0 fully saturated rings. The van der Waals surface area contributed by atoms with E-state index in [2.05, 4.69) is 20.5 Å². The van der Waals surface area contributed by atoms with Crippen molar-refractivity contribution in [2.24, 2.45) is 0 Å². The summed E-state index contributed by atoms with van der Waals surface area (Å²) in [6.07, 6.45) is 1.53. The number of benzene rings is 1. The molecule has 24 heavy (non-hydrogen) atoms. The summed E-state index contributed by atoms with van der Waals surface area (Å²) in [5.41, 5.74) is 2.34. The monoisotopic (exact) mass is 329 g/mol. The highest BCUT2D eigenvalue weighted by atomic mass is 16.5. The van der Waals surface area contributed by atoms with Crippen molar-refractivity contribution >= 4 is 28.5 Å². The summed E-state index contributed by atoms with van der Waals surface area (Å²) in [7, 11) is 1.62. The standard InChI is InChI=1S/C16H19N5O3/c1-10-19-20-16-15(17-8-4-3-5-14(22)23)18-12-9-11(24-2)6-7-13(12)21(10)16/h6-7,9H,3-5,8H2,1-2H3,(H,17,18)(H,22,23). The first-order valence-corrected chi connectivity index (χ1v) is 7.75. The lowest BCUT2D eigenvalue weighted by Crippen LogP contribution is -2.07. The van der Waals surface area contributed by atoms with Gasteiger partial charge in [-0.05, 0) is 31.9 Å². The van der Waals surface area contributed by atoms with Crippen LogP contribution in [0.3, 0.4) is 0 Å². The summed E-state index contributed by atoms with van der Waals surface area (Å²) in [5.74, 6) is 1.36. The van der Waals surface area contributed by atoms with Crippen molar-refractivity contribution in [1.29, 1.82) is 0 Å². The van der Waals surface area contributed by atoms with Gasteiger partial charge in [-0.2, -0.15) is 0 Å². The minimum Gasteiger partial charge on any atom is -0.497 e. The predicted octanol–water partition coefficient (Wildman–Crippen LogP) is 2.26. The third kappa shape index (κ3) is 3.08. The van der Waals surface area contributed by atoms with Crippen LogP contribution < -0.4 is 10.1 Å². The maximum absolute atomic E-state index is 10.6. The molecule has 0 spiro atoms. The summed E-state index contributed by atoms with van der Waals surface area (Å²) in [6, 6.07) is 5.67. The smallest absolute Gasteiger partial charge is 0.303 e. The van der Waals surface area contributed by atoms with Gasteiger partial charge in [-0.25, -0.2) is 4.98 Å². The number of carboxylic acids is 1. The number of aliphatic carboxylic acids is 1. The van der Waals surface area contributed by atoms with Gasteiger partial charge in [-0.15, -0.1) is 10.2 Å². The van der Waals surface area contributed by atoms with E-state index in [9.17, 15) is 4.79 Å². The molecule has 8 heteroatoms. The van der Waals surface area contributed by atoms with Gasteiger partial charge in [0.1, 0.15) is 11.6 Å². The van der Waals surface area contributed by atoms with E-state index >= 15 is 0 Å². The quantitative estimate of drug-likeness (QED) is 0.641. The molecule has 1 aromatic carbocycles. The van der Waals surface area contributed by atoms with E-state index in [0.717, 1.165) is 29.0 Å². The van der Waals surface area contributed by atoms with Gasteiger partial charge < -0.3 is 15.2 Å². The van der Waals surface area contributed by atoms with Crippen LogP contribution in [0.5, 0.6) is 5.75 Å². The first-order valence-electron chi connectivity index (χ1n) is 7.75. The van der Waals surface area contributed by atoms with Gasteiger partial charge in [-0.1, -0.05) is 0 Å². The predicted molar refractivity (Wildman–Crippen MR) is 89.6 cm³/mol. The molecule has 0 aliphatic heterocycles. The number of anilines is 1. The maximum Gasteiger partial charge on any atom is 0.303 e. The van der Waals surface area contributed by atoms with Gasteiger partial charge in [0.15, 0.2) is 5.82 Å². The van der Waals surface area contributed by atoms with Crippen molar-refractivity contribution in [2.45, 2.75) is 26.2 Å². The second kappa shape index (κ2) is 6.69. The SMILES string of the molecule is COc1ccc2c(c1)nc(NCCCCC(=O)O)c1nnc(C)n12. The van der Waals surface area contributed by atoms with E-state index < -0.39 is 5.97 Å². The molecule has 126 valence electrons. The van der Waals surface area contributed by atoms with Gasteiger partial charge in [-0.3, -0.25) is 9.20 Å². The van der Waals surface area contributed by atoms with Crippen LogP contribution in [-0.2, 0) is 4.79 Å². The maximum atomic E-state index is 10.6. The minimum absolute atomic E-state index is 0.170. The molecule has 3 rings (SSSR count). The van der Waals surface area contributed by atoms with E-state index in [0.29, 0.717) is 24.4 Å².